The molecule has 0 saturated carbocycles. The van der Waals surface area contributed by atoms with Crippen LogP contribution in [0.1, 0.15) is 18.5 Å². The van der Waals surface area contributed by atoms with Gasteiger partial charge in [-0.3, -0.25) is 0 Å². The van der Waals surface area contributed by atoms with E-state index in [9.17, 15) is 0 Å². The Kier molecular flexibility index (Phi) is 3.65. The first-order valence-electron chi connectivity index (χ1n) is 6.52. The Morgan fingerprint density at radius 1 is 1.10 bits per heavy atom. The maximum atomic E-state index is 5.68. The Morgan fingerprint density at radius 2 is 1.85 bits per heavy atom. The lowest BCUT2D eigenvalue weighted by Crippen LogP contribution is -2.06. The van der Waals surface area contributed by atoms with Gasteiger partial charge in [0.15, 0.2) is 5.58 Å². The number of nitrogens with one attached hydrogen (secondary N) is 1. The maximum absolute atomic E-state index is 5.68. The number of fused-ring (bicyclic) bond motifs is 1. The van der Waals surface area contributed by atoms with Crippen LogP contribution in [0.3, 0.4) is 0 Å². The van der Waals surface area contributed by atoms with E-state index in [-0.39, 0.29) is 6.04 Å². The zero-order valence-electron chi connectivity index (χ0n) is 11.5. The number of benzene rings is 2. The highest BCUT2D eigenvalue weighted by Gasteiger charge is 2.10. The van der Waals surface area contributed by atoms with Crippen molar-refractivity contribution in [3.8, 4) is 0 Å². The second kappa shape index (κ2) is 5.59. The quantitative estimate of drug-likeness (QED) is 0.703. The van der Waals surface area contributed by atoms with Gasteiger partial charge in [-0.2, -0.15) is 4.98 Å². The molecule has 1 aromatic heterocycles. The first-order chi connectivity index (χ1) is 9.76. The maximum Gasteiger partial charge on any atom is 0.296 e. The topological polar surface area (TPSA) is 38.1 Å². The second-order valence-corrected chi connectivity index (χ2v) is 5.51. The molecule has 0 aliphatic heterocycles. The molecule has 2 aromatic carbocycles. The van der Waals surface area contributed by atoms with Gasteiger partial charge in [-0.15, -0.1) is 11.8 Å². The summed E-state index contributed by atoms with van der Waals surface area (Å²) in [7, 11) is 0. The van der Waals surface area contributed by atoms with E-state index >= 15 is 0 Å². The Hall–Kier alpha value is -1.94. The predicted octanol–water partition coefficient (Wildman–Crippen LogP) is 4.72. The molecular weight excluding hydrogens is 268 g/mol. The summed E-state index contributed by atoms with van der Waals surface area (Å²) in [6.45, 7) is 2.10. The van der Waals surface area contributed by atoms with Crippen molar-refractivity contribution in [3.63, 3.8) is 0 Å². The SMILES string of the molecule is CSc1ccc([C@@H](C)Nc2nc3ccccc3o2)cc1. The Morgan fingerprint density at radius 3 is 2.55 bits per heavy atom. The van der Waals surface area contributed by atoms with Crippen LogP contribution in [0.25, 0.3) is 11.1 Å². The summed E-state index contributed by atoms with van der Waals surface area (Å²) in [5, 5.41) is 3.30. The van der Waals surface area contributed by atoms with E-state index in [1.165, 1.54) is 10.5 Å². The molecule has 0 bridgehead atoms. The first kappa shape index (κ1) is 13.1. The third-order valence-electron chi connectivity index (χ3n) is 3.25. The molecule has 3 rings (SSSR count). The van der Waals surface area contributed by atoms with Gasteiger partial charge in [0.1, 0.15) is 5.52 Å². The van der Waals surface area contributed by atoms with Crippen LogP contribution in [0.2, 0.25) is 0 Å². The average molecular weight is 284 g/mol. The molecule has 20 heavy (non-hydrogen) atoms. The number of nitrogens with zero attached hydrogens (tertiary/aromatic N) is 1. The number of para-hydroxylation sites is 2. The van der Waals surface area contributed by atoms with Gasteiger partial charge in [-0.1, -0.05) is 24.3 Å². The van der Waals surface area contributed by atoms with Crippen molar-refractivity contribution in [2.24, 2.45) is 0 Å². The number of aromatic nitrogens is 1. The van der Waals surface area contributed by atoms with E-state index in [0.29, 0.717) is 6.01 Å². The first-order valence-corrected chi connectivity index (χ1v) is 7.75. The van der Waals surface area contributed by atoms with Gasteiger partial charge in [0.2, 0.25) is 0 Å². The highest BCUT2D eigenvalue weighted by atomic mass is 32.2. The molecule has 0 amide bonds. The molecule has 1 N–H and O–H groups in total. The highest BCUT2D eigenvalue weighted by molar-refractivity contribution is 7.98. The van der Waals surface area contributed by atoms with Crippen molar-refractivity contribution in [2.75, 3.05) is 11.6 Å². The number of thioether (sulfide) groups is 1. The van der Waals surface area contributed by atoms with E-state index in [4.69, 9.17) is 4.42 Å². The van der Waals surface area contributed by atoms with Gasteiger partial charge < -0.3 is 9.73 Å². The van der Waals surface area contributed by atoms with Crippen molar-refractivity contribution in [3.05, 3.63) is 54.1 Å². The minimum absolute atomic E-state index is 0.152. The molecular formula is C16H16N2OS. The number of hydrogen-bond acceptors (Lipinski definition) is 4. The molecule has 0 aliphatic rings. The molecule has 0 spiro atoms. The van der Waals surface area contributed by atoms with Crippen molar-refractivity contribution in [1.29, 1.82) is 0 Å². The molecule has 102 valence electrons. The average Bonchev–Trinajstić information content (AvgIpc) is 2.89. The summed E-state index contributed by atoms with van der Waals surface area (Å²) in [5.41, 5.74) is 2.89. The number of oxazole rings is 1. The van der Waals surface area contributed by atoms with E-state index in [2.05, 4.69) is 47.7 Å². The molecule has 1 atom stereocenters. The summed E-state index contributed by atoms with van der Waals surface area (Å²) in [6, 6.07) is 17.0. The number of anilines is 1. The summed E-state index contributed by atoms with van der Waals surface area (Å²) in [5.74, 6) is 0. The lowest BCUT2D eigenvalue weighted by molar-refractivity contribution is 0.604. The smallest absolute Gasteiger partial charge is 0.296 e. The fourth-order valence-electron chi connectivity index (χ4n) is 2.10. The van der Waals surface area contributed by atoms with Gasteiger partial charge in [0.05, 0.1) is 6.04 Å². The van der Waals surface area contributed by atoms with Crippen LogP contribution in [0.5, 0.6) is 0 Å². The van der Waals surface area contributed by atoms with Crippen LogP contribution in [0.15, 0.2) is 57.8 Å². The van der Waals surface area contributed by atoms with Crippen molar-refractivity contribution in [2.45, 2.75) is 17.9 Å². The fraction of sp³-hybridized carbons (Fsp3) is 0.188. The summed E-state index contributed by atoms with van der Waals surface area (Å²) in [4.78, 5) is 5.70. The molecule has 0 fully saturated rings. The standard InChI is InChI=1S/C16H16N2OS/c1-11(12-7-9-13(20-2)10-8-12)17-16-18-14-5-3-4-6-15(14)19-16/h3-11H,1-2H3,(H,17,18)/t11-/m1/s1. The fourth-order valence-corrected chi connectivity index (χ4v) is 2.50. The van der Waals surface area contributed by atoms with Gasteiger partial charge >= 0.3 is 0 Å². The van der Waals surface area contributed by atoms with E-state index < -0.39 is 0 Å². The van der Waals surface area contributed by atoms with Crippen LogP contribution < -0.4 is 5.32 Å². The normalized spacial score (nSPS) is 12.5. The monoisotopic (exact) mass is 284 g/mol. The zero-order valence-corrected chi connectivity index (χ0v) is 12.3. The Balaban J connectivity index is 1.78. The van der Waals surface area contributed by atoms with Crippen LogP contribution in [0, 0.1) is 0 Å². The third kappa shape index (κ3) is 2.65. The predicted molar refractivity (Wildman–Crippen MR) is 84.3 cm³/mol. The zero-order chi connectivity index (χ0) is 13.9. The molecule has 1 heterocycles. The molecule has 4 heteroatoms. The summed E-state index contributed by atoms with van der Waals surface area (Å²) in [6.07, 6.45) is 2.08. The minimum atomic E-state index is 0.152. The second-order valence-electron chi connectivity index (χ2n) is 4.63. The third-order valence-corrected chi connectivity index (χ3v) is 3.99. The molecule has 3 nitrogen and oxygen atoms in total. The van der Waals surface area contributed by atoms with Gasteiger partial charge in [-0.05, 0) is 43.0 Å². The molecule has 0 radical (unpaired) electrons. The lowest BCUT2D eigenvalue weighted by atomic mass is 10.1. The van der Waals surface area contributed by atoms with Crippen LogP contribution in [-0.2, 0) is 0 Å². The Labute approximate surface area is 122 Å². The minimum Gasteiger partial charge on any atom is -0.424 e. The van der Waals surface area contributed by atoms with E-state index in [1.807, 2.05) is 24.3 Å². The largest absolute Gasteiger partial charge is 0.424 e. The Bertz CT molecular complexity index is 673. The molecule has 0 unspecified atom stereocenters. The number of rotatable bonds is 4. The van der Waals surface area contributed by atoms with Crippen molar-refractivity contribution < 1.29 is 4.42 Å². The van der Waals surface area contributed by atoms with Crippen molar-refractivity contribution >= 4 is 28.9 Å². The van der Waals surface area contributed by atoms with E-state index in [0.717, 1.165) is 11.1 Å². The molecule has 3 aromatic rings. The van der Waals surface area contributed by atoms with E-state index in [1.54, 1.807) is 11.8 Å². The number of hydrogen-bond donors (Lipinski definition) is 1. The summed E-state index contributed by atoms with van der Waals surface area (Å²) < 4.78 is 5.68. The van der Waals surface area contributed by atoms with Gasteiger partial charge in [0, 0.05) is 4.90 Å². The lowest BCUT2D eigenvalue weighted by Gasteiger charge is -2.12. The van der Waals surface area contributed by atoms with Crippen LogP contribution >= 0.6 is 11.8 Å². The molecule has 0 saturated heterocycles. The van der Waals surface area contributed by atoms with Crippen LogP contribution in [0.4, 0.5) is 6.01 Å². The van der Waals surface area contributed by atoms with Gasteiger partial charge in [-0.25, -0.2) is 0 Å². The van der Waals surface area contributed by atoms with Gasteiger partial charge in [0.25, 0.3) is 6.01 Å². The highest BCUT2D eigenvalue weighted by Crippen LogP contribution is 2.24. The summed E-state index contributed by atoms with van der Waals surface area (Å²) >= 11 is 1.74. The molecule has 0 aliphatic carbocycles. The van der Waals surface area contributed by atoms with Crippen LogP contribution in [-0.4, -0.2) is 11.2 Å². The van der Waals surface area contributed by atoms with Crippen molar-refractivity contribution in [1.82, 2.24) is 4.98 Å².